The molecule has 0 aromatic carbocycles. The van der Waals surface area contributed by atoms with Gasteiger partial charge in [0.05, 0.1) is 6.61 Å². The van der Waals surface area contributed by atoms with E-state index in [0.717, 1.165) is 6.54 Å². The van der Waals surface area contributed by atoms with E-state index < -0.39 is 0 Å². The van der Waals surface area contributed by atoms with Gasteiger partial charge in [0, 0.05) is 6.54 Å². The molecule has 0 atom stereocenters. The van der Waals surface area contributed by atoms with Crippen LogP contribution in [0.2, 0.25) is 0 Å². The molecule has 0 radical (unpaired) electrons. The van der Waals surface area contributed by atoms with Crippen LogP contribution in [0.4, 0.5) is 0 Å². The molecule has 0 heterocycles. The minimum absolute atomic E-state index is 0.510. The molecule has 0 fully saturated rings. The van der Waals surface area contributed by atoms with Crippen molar-refractivity contribution in [2.45, 2.75) is 20.8 Å². The van der Waals surface area contributed by atoms with E-state index in [-0.39, 0.29) is 0 Å². The van der Waals surface area contributed by atoms with Crippen LogP contribution >= 0.6 is 12.2 Å². The third-order valence-electron chi connectivity index (χ3n) is 0.869. The number of rotatable bonds is 3. The van der Waals surface area contributed by atoms with Crippen LogP contribution in [0.15, 0.2) is 0 Å². The Kier molecular flexibility index (Phi) is 5.30. The Balaban J connectivity index is 3.22. The van der Waals surface area contributed by atoms with E-state index in [4.69, 9.17) is 17.0 Å². The fourth-order valence-corrected chi connectivity index (χ4v) is 0.650. The molecule has 0 aliphatic carbocycles. The number of hydrogen-bond donors (Lipinski definition) is 1. The number of thiocarbonyl (C=S) groups is 1. The second-order valence-corrected chi connectivity index (χ2v) is 2.89. The lowest BCUT2D eigenvalue weighted by atomic mass is 10.2. The zero-order valence-corrected chi connectivity index (χ0v) is 7.62. The highest BCUT2D eigenvalue weighted by atomic mass is 32.1. The fraction of sp³-hybridized carbons (Fsp3) is 0.857. The first kappa shape index (κ1) is 9.69. The van der Waals surface area contributed by atoms with Crippen molar-refractivity contribution in [3.05, 3.63) is 0 Å². The highest BCUT2D eigenvalue weighted by Crippen LogP contribution is 1.92. The van der Waals surface area contributed by atoms with E-state index in [9.17, 15) is 0 Å². The minimum atomic E-state index is 0.510. The van der Waals surface area contributed by atoms with Gasteiger partial charge in [-0.15, -0.1) is 0 Å². The summed E-state index contributed by atoms with van der Waals surface area (Å²) in [6, 6.07) is 0. The minimum Gasteiger partial charge on any atom is -0.471 e. The summed E-state index contributed by atoms with van der Waals surface area (Å²) in [5, 5.41) is 3.42. The molecule has 0 unspecified atom stereocenters. The van der Waals surface area contributed by atoms with Gasteiger partial charge in [0.2, 0.25) is 0 Å². The molecule has 10 heavy (non-hydrogen) atoms. The first-order valence-electron chi connectivity index (χ1n) is 3.57. The van der Waals surface area contributed by atoms with Crippen molar-refractivity contribution in [1.82, 2.24) is 5.32 Å². The van der Waals surface area contributed by atoms with Crippen molar-refractivity contribution in [1.29, 1.82) is 0 Å². The average molecular weight is 161 g/mol. The Morgan fingerprint density at radius 2 is 2.20 bits per heavy atom. The Hall–Kier alpha value is -0.310. The summed E-state index contributed by atoms with van der Waals surface area (Å²) in [7, 11) is 0. The molecule has 0 bridgehead atoms. The number of ether oxygens (including phenoxy) is 1. The van der Waals surface area contributed by atoms with Crippen LogP contribution in [-0.2, 0) is 4.74 Å². The summed E-state index contributed by atoms with van der Waals surface area (Å²) in [5.41, 5.74) is 0. The smallest absolute Gasteiger partial charge is 0.256 e. The zero-order valence-electron chi connectivity index (χ0n) is 6.81. The Bertz CT molecular complexity index is 104. The molecule has 0 saturated heterocycles. The largest absolute Gasteiger partial charge is 0.471 e. The van der Waals surface area contributed by atoms with Gasteiger partial charge in [0.15, 0.2) is 0 Å². The molecule has 0 aromatic rings. The van der Waals surface area contributed by atoms with E-state index in [1.54, 1.807) is 0 Å². The van der Waals surface area contributed by atoms with Crippen molar-refractivity contribution in [2.75, 3.05) is 13.2 Å². The van der Waals surface area contributed by atoms with Gasteiger partial charge in [-0.05, 0) is 25.1 Å². The van der Waals surface area contributed by atoms with Crippen LogP contribution < -0.4 is 5.32 Å². The van der Waals surface area contributed by atoms with Crippen LogP contribution in [0.3, 0.4) is 0 Å². The van der Waals surface area contributed by atoms with E-state index in [1.807, 2.05) is 6.92 Å². The zero-order chi connectivity index (χ0) is 7.98. The summed E-state index contributed by atoms with van der Waals surface area (Å²) in [6.45, 7) is 7.71. The fourth-order valence-electron chi connectivity index (χ4n) is 0.438. The number of nitrogens with one attached hydrogen (secondary N) is 1. The van der Waals surface area contributed by atoms with Crippen LogP contribution in [-0.4, -0.2) is 18.3 Å². The Morgan fingerprint density at radius 1 is 1.60 bits per heavy atom. The third-order valence-corrected chi connectivity index (χ3v) is 1.13. The predicted octanol–water partition coefficient (Wildman–Crippen LogP) is 1.55. The maximum absolute atomic E-state index is 5.16. The lowest BCUT2D eigenvalue weighted by Crippen LogP contribution is -2.24. The average Bonchev–Trinajstić information content (AvgIpc) is 1.85. The first-order valence-corrected chi connectivity index (χ1v) is 3.98. The van der Waals surface area contributed by atoms with E-state index in [2.05, 4.69) is 19.2 Å². The highest BCUT2D eigenvalue weighted by Gasteiger charge is 1.96. The SMILES string of the molecule is CCNC(=S)OCC(C)C. The second-order valence-electron chi connectivity index (χ2n) is 2.52. The Labute approximate surface area is 68.0 Å². The van der Waals surface area contributed by atoms with Gasteiger partial charge in [-0.1, -0.05) is 13.8 Å². The number of hydrogen-bond acceptors (Lipinski definition) is 2. The van der Waals surface area contributed by atoms with Gasteiger partial charge < -0.3 is 10.1 Å². The third kappa shape index (κ3) is 5.82. The van der Waals surface area contributed by atoms with Crippen LogP contribution in [0.5, 0.6) is 0 Å². The van der Waals surface area contributed by atoms with Crippen LogP contribution in [0, 0.1) is 5.92 Å². The quantitative estimate of drug-likeness (QED) is 0.635. The molecule has 1 N–H and O–H groups in total. The molecule has 0 aliphatic heterocycles. The second kappa shape index (κ2) is 5.47. The van der Waals surface area contributed by atoms with E-state index in [0.29, 0.717) is 17.7 Å². The van der Waals surface area contributed by atoms with Crippen LogP contribution in [0.1, 0.15) is 20.8 Å². The topological polar surface area (TPSA) is 21.3 Å². The van der Waals surface area contributed by atoms with Gasteiger partial charge in [-0.3, -0.25) is 0 Å². The van der Waals surface area contributed by atoms with E-state index >= 15 is 0 Å². The predicted molar refractivity (Wildman–Crippen MR) is 47.1 cm³/mol. The summed E-state index contributed by atoms with van der Waals surface area (Å²) in [5.74, 6) is 0.539. The monoisotopic (exact) mass is 161 g/mol. The molecule has 0 amide bonds. The van der Waals surface area contributed by atoms with Crippen molar-refractivity contribution >= 4 is 17.4 Å². The molecule has 0 rings (SSSR count). The van der Waals surface area contributed by atoms with Crippen molar-refractivity contribution < 1.29 is 4.74 Å². The molecule has 2 nitrogen and oxygen atoms in total. The molecule has 0 aliphatic rings. The molecule has 3 heteroatoms. The van der Waals surface area contributed by atoms with Crippen molar-refractivity contribution in [3.63, 3.8) is 0 Å². The first-order chi connectivity index (χ1) is 4.66. The van der Waals surface area contributed by atoms with Gasteiger partial charge >= 0.3 is 0 Å². The standard InChI is InChI=1S/C7H15NOS/c1-4-8-7(10)9-5-6(2)3/h6H,4-5H2,1-3H3,(H,8,10). The maximum atomic E-state index is 5.16. The molecular weight excluding hydrogens is 146 g/mol. The van der Waals surface area contributed by atoms with Gasteiger partial charge in [-0.25, -0.2) is 0 Å². The van der Waals surface area contributed by atoms with Gasteiger partial charge in [-0.2, -0.15) is 0 Å². The van der Waals surface area contributed by atoms with Crippen molar-refractivity contribution in [3.8, 4) is 0 Å². The van der Waals surface area contributed by atoms with Crippen molar-refractivity contribution in [2.24, 2.45) is 5.92 Å². The van der Waals surface area contributed by atoms with E-state index in [1.165, 1.54) is 0 Å². The lowest BCUT2D eigenvalue weighted by molar-refractivity contribution is 0.255. The summed E-state index contributed by atoms with van der Waals surface area (Å²) in [4.78, 5) is 0. The highest BCUT2D eigenvalue weighted by molar-refractivity contribution is 7.80. The van der Waals surface area contributed by atoms with Gasteiger partial charge in [0.25, 0.3) is 5.17 Å². The molecule has 0 aromatic heterocycles. The Morgan fingerprint density at radius 3 is 2.60 bits per heavy atom. The van der Waals surface area contributed by atoms with Crippen LogP contribution in [0.25, 0.3) is 0 Å². The summed E-state index contributed by atoms with van der Waals surface area (Å²) in [6.07, 6.45) is 0. The summed E-state index contributed by atoms with van der Waals surface area (Å²) < 4.78 is 5.16. The molecule has 0 saturated carbocycles. The molecular formula is C7H15NOS. The molecule has 60 valence electrons. The maximum Gasteiger partial charge on any atom is 0.256 e. The molecule has 0 spiro atoms. The summed E-state index contributed by atoms with van der Waals surface area (Å²) >= 11 is 4.84. The normalized spacial score (nSPS) is 9.60. The lowest BCUT2D eigenvalue weighted by Gasteiger charge is -2.09. The van der Waals surface area contributed by atoms with Gasteiger partial charge in [0.1, 0.15) is 0 Å².